The molecule has 1 aliphatic heterocycles. The Morgan fingerprint density at radius 1 is 1.53 bits per heavy atom. The molecule has 1 saturated heterocycles. The summed E-state index contributed by atoms with van der Waals surface area (Å²) in [4.78, 5) is 14.3. The zero-order valence-electron chi connectivity index (χ0n) is 10.5. The Labute approximate surface area is 108 Å². The summed E-state index contributed by atoms with van der Waals surface area (Å²) in [6, 6.07) is -0.0293. The van der Waals surface area contributed by atoms with Crippen molar-refractivity contribution in [3.63, 3.8) is 0 Å². The number of nitrogens with zero attached hydrogens (tertiary/aromatic N) is 1. The second-order valence-electron chi connectivity index (χ2n) is 4.30. The quantitative estimate of drug-likeness (QED) is 0.579. The van der Waals surface area contributed by atoms with Crippen molar-refractivity contribution in [2.24, 2.45) is 5.73 Å². The lowest BCUT2D eigenvalue weighted by Crippen LogP contribution is -2.49. The number of rotatable bonds is 6. The van der Waals surface area contributed by atoms with E-state index in [9.17, 15) is 4.79 Å². The minimum atomic E-state index is -0.0293. The van der Waals surface area contributed by atoms with Crippen LogP contribution in [0, 0.1) is 0 Å². The highest BCUT2D eigenvalue weighted by atomic mass is 32.1. The van der Waals surface area contributed by atoms with Gasteiger partial charge in [-0.15, -0.1) is 0 Å². The molecule has 1 unspecified atom stereocenters. The molecule has 5 heteroatoms. The summed E-state index contributed by atoms with van der Waals surface area (Å²) < 4.78 is 5.22. The van der Waals surface area contributed by atoms with Gasteiger partial charge in [0.1, 0.15) is 0 Å². The van der Waals surface area contributed by atoms with Gasteiger partial charge in [-0.3, -0.25) is 4.79 Å². The van der Waals surface area contributed by atoms with E-state index < -0.39 is 0 Å². The molecular formula is C12H22N2O2S. The van der Waals surface area contributed by atoms with Crippen LogP contribution in [0.4, 0.5) is 0 Å². The van der Waals surface area contributed by atoms with E-state index >= 15 is 0 Å². The summed E-state index contributed by atoms with van der Waals surface area (Å²) >= 11 is 5.03. The average molecular weight is 258 g/mol. The van der Waals surface area contributed by atoms with Crippen molar-refractivity contribution >= 4 is 23.1 Å². The number of nitrogens with two attached hydrogens (primary N) is 1. The molecular weight excluding hydrogens is 236 g/mol. The fraction of sp³-hybridized carbons (Fsp3) is 0.833. The van der Waals surface area contributed by atoms with E-state index in [0.717, 1.165) is 32.2 Å². The Balaban J connectivity index is 2.39. The molecule has 98 valence electrons. The molecule has 0 aliphatic carbocycles. The Morgan fingerprint density at radius 3 is 2.94 bits per heavy atom. The third-order valence-corrected chi connectivity index (χ3v) is 3.31. The zero-order chi connectivity index (χ0) is 12.7. The van der Waals surface area contributed by atoms with Gasteiger partial charge in [0.2, 0.25) is 5.91 Å². The minimum Gasteiger partial charge on any atom is -0.392 e. The van der Waals surface area contributed by atoms with Gasteiger partial charge in [-0.1, -0.05) is 12.2 Å². The van der Waals surface area contributed by atoms with Crippen LogP contribution in [0.25, 0.3) is 0 Å². The summed E-state index contributed by atoms with van der Waals surface area (Å²) in [5.41, 5.74) is 5.68. The molecule has 1 aliphatic rings. The SMILES string of the molecule is CCOCCCC(=O)N1CCCCC1C(N)=S. The third-order valence-electron chi connectivity index (χ3n) is 3.04. The topological polar surface area (TPSA) is 55.6 Å². The summed E-state index contributed by atoms with van der Waals surface area (Å²) in [5.74, 6) is 0.155. The molecule has 17 heavy (non-hydrogen) atoms. The lowest BCUT2D eigenvalue weighted by molar-refractivity contribution is -0.133. The second-order valence-corrected chi connectivity index (χ2v) is 4.77. The fourth-order valence-corrected chi connectivity index (χ4v) is 2.38. The van der Waals surface area contributed by atoms with Crippen molar-refractivity contribution in [1.82, 2.24) is 4.90 Å². The Morgan fingerprint density at radius 2 is 2.29 bits per heavy atom. The van der Waals surface area contributed by atoms with Crippen molar-refractivity contribution in [3.8, 4) is 0 Å². The molecule has 0 aromatic rings. The maximum Gasteiger partial charge on any atom is 0.223 e. The molecule has 1 fully saturated rings. The number of amides is 1. The number of likely N-dealkylation sites (tertiary alicyclic amines) is 1. The number of carbonyl (C=O) groups excluding carboxylic acids is 1. The zero-order valence-corrected chi connectivity index (χ0v) is 11.3. The van der Waals surface area contributed by atoms with Gasteiger partial charge in [-0.25, -0.2) is 0 Å². The van der Waals surface area contributed by atoms with Gasteiger partial charge in [-0.05, 0) is 32.6 Å². The van der Waals surface area contributed by atoms with Gasteiger partial charge in [0.25, 0.3) is 0 Å². The molecule has 0 saturated carbocycles. The Hall–Kier alpha value is -0.680. The molecule has 1 amide bonds. The summed E-state index contributed by atoms with van der Waals surface area (Å²) in [6.45, 7) is 4.09. The van der Waals surface area contributed by atoms with Crippen molar-refractivity contribution in [2.75, 3.05) is 19.8 Å². The second kappa shape index (κ2) is 7.61. The Kier molecular flexibility index (Phi) is 6.44. The van der Waals surface area contributed by atoms with Crippen LogP contribution in [0.5, 0.6) is 0 Å². The fourth-order valence-electron chi connectivity index (χ4n) is 2.14. The van der Waals surface area contributed by atoms with E-state index in [4.69, 9.17) is 22.7 Å². The number of hydrogen-bond acceptors (Lipinski definition) is 3. The van der Waals surface area contributed by atoms with E-state index in [1.54, 1.807) is 0 Å². The van der Waals surface area contributed by atoms with Gasteiger partial charge in [0.05, 0.1) is 11.0 Å². The summed E-state index contributed by atoms with van der Waals surface area (Å²) in [7, 11) is 0. The van der Waals surface area contributed by atoms with Crippen LogP contribution in [-0.2, 0) is 9.53 Å². The van der Waals surface area contributed by atoms with Crippen LogP contribution >= 0.6 is 12.2 Å². The standard InChI is InChI=1S/C12H22N2O2S/c1-2-16-9-5-7-11(15)14-8-4-3-6-10(14)12(13)17/h10H,2-9H2,1H3,(H2,13,17). The van der Waals surface area contributed by atoms with E-state index in [2.05, 4.69) is 0 Å². The molecule has 0 aromatic carbocycles. The first-order valence-corrected chi connectivity index (χ1v) is 6.74. The predicted octanol–water partition coefficient (Wildman–Crippen LogP) is 1.47. The number of thiocarbonyl (C=S) groups is 1. The van der Waals surface area contributed by atoms with Crippen molar-refractivity contribution < 1.29 is 9.53 Å². The highest BCUT2D eigenvalue weighted by Crippen LogP contribution is 2.18. The van der Waals surface area contributed by atoms with Crippen LogP contribution < -0.4 is 5.73 Å². The maximum atomic E-state index is 12.0. The molecule has 1 atom stereocenters. The molecule has 2 N–H and O–H groups in total. The highest BCUT2D eigenvalue weighted by molar-refractivity contribution is 7.80. The third kappa shape index (κ3) is 4.60. The minimum absolute atomic E-state index is 0.0293. The van der Waals surface area contributed by atoms with E-state index in [1.807, 2.05) is 11.8 Å². The molecule has 0 aromatic heterocycles. The Bertz CT molecular complexity index is 271. The van der Waals surface area contributed by atoms with E-state index in [-0.39, 0.29) is 11.9 Å². The van der Waals surface area contributed by atoms with Crippen LogP contribution in [-0.4, -0.2) is 41.6 Å². The van der Waals surface area contributed by atoms with Crippen LogP contribution in [0.2, 0.25) is 0 Å². The van der Waals surface area contributed by atoms with Crippen molar-refractivity contribution in [2.45, 2.75) is 45.1 Å². The molecule has 4 nitrogen and oxygen atoms in total. The average Bonchev–Trinajstić information content (AvgIpc) is 2.34. The maximum absolute atomic E-state index is 12.0. The molecule has 1 rings (SSSR count). The molecule has 0 bridgehead atoms. The summed E-state index contributed by atoms with van der Waals surface area (Å²) in [5, 5.41) is 0. The van der Waals surface area contributed by atoms with Gasteiger partial charge in [-0.2, -0.15) is 0 Å². The summed E-state index contributed by atoms with van der Waals surface area (Å²) in [6.07, 6.45) is 4.36. The number of carbonyl (C=O) groups is 1. The number of piperidine rings is 1. The van der Waals surface area contributed by atoms with Gasteiger partial charge in [0.15, 0.2) is 0 Å². The van der Waals surface area contributed by atoms with Gasteiger partial charge < -0.3 is 15.4 Å². The first-order valence-electron chi connectivity index (χ1n) is 6.33. The largest absolute Gasteiger partial charge is 0.392 e. The highest BCUT2D eigenvalue weighted by Gasteiger charge is 2.27. The molecule has 1 heterocycles. The first kappa shape index (κ1) is 14.4. The van der Waals surface area contributed by atoms with Gasteiger partial charge in [0, 0.05) is 26.2 Å². The molecule has 0 radical (unpaired) electrons. The number of hydrogen-bond donors (Lipinski definition) is 1. The monoisotopic (exact) mass is 258 g/mol. The van der Waals surface area contributed by atoms with Crippen LogP contribution in [0.3, 0.4) is 0 Å². The van der Waals surface area contributed by atoms with Crippen LogP contribution in [0.1, 0.15) is 39.0 Å². The predicted molar refractivity (Wildman–Crippen MR) is 71.9 cm³/mol. The van der Waals surface area contributed by atoms with Crippen LogP contribution in [0.15, 0.2) is 0 Å². The smallest absolute Gasteiger partial charge is 0.223 e. The van der Waals surface area contributed by atoms with E-state index in [1.165, 1.54) is 0 Å². The lowest BCUT2D eigenvalue weighted by Gasteiger charge is -2.35. The van der Waals surface area contributed by atoms with E-state index in [0.29, 0.717) is 24.6 Å². The lowest BCUT2D eigenvalue weighted by atomic mass is 10.0. The van der Waals surface area contributed by atoms with Crippen molar-refractivity contribution in [3.05, 3.63) is 0 Å². The normalized spacial score (nSPS) is 20.3. The number of ether oxygens (including phenoxy) is 1. The molecule has 0 spiro atoms. The first-order chi connectivity index (χ1) is 8.16. The van der Waals surface area contributed by atoms with Gasteiger partial charge >= 0.3 is 0 Å². The van der Waals surface area contributed by atoms with Crippen molar-refractivity contribution in [1.29, 1.82) is 0 Å².